The average molecular weight is 295 g/mol. The van der Waals surface area contributed by atoms with Gasteiger partial charge in [0.2, 0.25) is 0 Å². The maximum atomic E-state index is 13.0. The van der Waals surface area contributed by atoms with Gasteiger partial charge < -0.3 is 5.73 Å². The molecule has 21 heavy (non-hydrogen) atoms. The maximum absolute atomic E-state index is 13.0. The van der Waals surface area contributed by atoms with E-state index in [0.29, 0.717) is 11.1 Å². The van der Waals surface area contributed by atoms with Crippen LogP contribution in [0, 0.1) is 5.82 Å². The monoisotopic (exact) mass is 295 g/mol. The number of benzene rings is 1. The highest BCUT2D eigenvalue weighted by atomic mass is 19.4. The minimum Gasteiger partial charge on any atom is -0.382 e. The van der Waals surface area contributed by atoms with Gasteiger partial charge in [0.05, 0.1) is 16.6 Å². The fourth-order valence-corrected chi connectivity index (χ4v) is 2.15. The van der Waals surface area contributed by atoms with E-state index in [9.17, 15) is 17.6 Å². The fraction of sp³-hybridized carbons (Fsp3) is 0.0714. The molecule has 0 saturated heterocycles. The van der Waals surface area contributed by atoms with Crippen molar-refractivity contribution in [1.82, 2.24) is 9.61 Å². The molecule has 0 aliphatic heterocycles. The van der Waals surface area contributed by atoms with Crippen LogP contribution in [0.25, 0.3) is 16.6 Å². The van der Waals surface area contributed by atoms with Crippen LogP contribution in [0.4, 0.5) is 23.4 Å². The Morgan fingerprint density at radius 1 is 1.05 bits per heavy atom. The highest BCUT2D eigenvalue weighted by molar-refractivity contribution is 5.88. The summed E-state index contributed by atoms with van der Waals surface area (Å²) in [6.07, 6.45) is -3.26. The first-order chi connectivity index (χ1) is 9.86. The van der Waals surface area contributed by atoms with Crippen LogP contribution < -0.4 is 5.73 Å². The van der Waals surface area contributed by atoms with Crippen molar-refractivity contribution in [3.63, 3.8) is 0 Å². The Morgan fingerprint density at radius 3 is 2.33 bits per heavy atom. The van der Waals surface area contributed by atoms with Crippen LogP contribution >= 0.6 is 0 Å². The fourth-order valence-electron chi connectivity index (χ4n) is 2.15. The number of pyridine rings is 1. The second-order valence-electron chi connectivity index (χ2n) is 4.51. The van der Waals surface area contributed by atoms with E-state index in [0.717, 1.165) is 12.1 Å². The molecule has 3 rings (SSSR count). The van der Waals surface area contributed by atoms with Crippen molar-refractivity contribution in [1.29, 1.82) is 0 Å². The number of aromatic nitrogens is 2. The Bertz CT molecular complexity index is 803. The van der Waals surface area contributed by atoms with E-state index in [1.165, 1.54) is 35.0 Å². The van der Waals surface area contributed by atoms with Crippen molar-refractivity contribution in [2.75, 3.05) is 5.73 Å². The zero-order valence-electron chi connectivity index (χ0n) is 10.5. The van der Waals surface area contributed by atoms with E-state index in [1.54, 1.807) is 0 Å². The third-order valence-corrected chi connectivity index (χ3v) is 3.12. The standard InChI is InChI=1S/C14H9F4N3/c15-10-3-1-8(2-4-10)12-11-7-9(14(16,17)18)5-6-21(11)20-13(12)19/h1-7H,(H2,19,20). The molecule has 0 fully saturated rings. The van der Waals surface area contributed by atoms with E-state index >= 15 is 0 Å². The van der Waals surface area contributed by atoms with Crippen LogP contribution in [0.5, 0.6) is 0 Å². The van der Waals surface area contributed by atoms with Crippen LogP contribution in [0.15, 0.2) is 42.6 Å². The van der Waals surface area contributed by atoms with Crippen molar-refractivity contribution in [2.24, 2.45) is 0 Å². The van der Waals surface area contributed by atoms with Gasteiger partial charge in [-0.1, -0.05) is 12.1 Å². The summed E-state index contributed by atoms with van der Waals surface area (Å²) in [5.41, 5.74) is 6.05. The molecule has 0 saturated carbocycles. The molecule has 0 amide bonds. The van der Waals surface area contributed by atoms with Crippen molar-refractivity contribution in [2.45, 2.75) is 6.18 Å². The quantitative estimate of drug-likeness (QED) is 0.695. The summed E-state index contributed by atoms with van der Waals surface area (Å²) in [5.74, 6) is -0.356. The van der Waals surface area contributed by atoms with Gasteiger partial charge >= 0.3 is 6.18 Å². The van der Waals surface area contributed by atoms with Gasteiger partial charge in [0.1, 0.15) is 5.82 Å². The Morgan fingerprint density at radius 2 is 1.71 bits per heavy atom. The average Bonchev–Trinajstić information content (AvgIpc) is 2.74. The Kier molecular flexibility index (Phi) is 2.86. The Hall–Kier alpha value is -2.57. The first-order valence-corrected chi connectivity index (χ1v) is 5.97. The van der Waals surface area contributed by atoms with Gasteiger partial charge in [-0.25, -0.2) is 8.91 Å². The molecule has 0 unspecified atom stereocenters. The summed E-state index contributed by atoms with van der Waals surface area (Å²) in [6, 6.07) is 7.22. The Labute approximate surface area is 116 Å². The van der Waals surface area contributed by atoms with Crippen molar-refractivity contribution >= 4 is 11.3 Å². The summed E-state index contributed by atoms with van der Waals surface area (Å²) in [6.45, 7) is 0. The highest BCUT2D eigenvalue weighted by Gasteiger charge is 2.31. The number of hydrogen-bond donors (Lipinski definition) is 1. The summed E-state index contributed by atoms with van der Waals surface area (Å²) in [7, 11) is 0. The molecule has 1 aromatic carbocycles. The summed E-state index contributed by atoms with van der Waals surface area (Å²) in [5, 5.41) is 3.97. The Balaban J connectivity index is 2.26. The molecule has 2 aromatic heterocycles. The largest absolute Gasteiger partial charge is 0.416 e. The van der Waals surface area contributed by atoms with Crippen molar-refractivity contribution < 1.29 is 17.6 Å². The molecule has 0 aliphatic rings. The lowest BCUT2D eigenvalue weighted by atomic mass is 10.1. The molecular weight excluding hydrogens is 286 g/mol. The van der Waals surface area contributed by atoms with Crippen LogP contribution in [0.2, 0.25) is 0 Å². The predicted molar refractivity (Wildman–Crippen MR) is 70.0 cm³/mol. The molecule has 3 aromatic rings. The second kappa shape index (κ2) is 4.47. The van der Waals surface area contributed by atoms with E-state index in [-0.39, 0.29) is 11.3 Å². The van der Waals surface area contributed by atoms with Crippen LogP contribution in [0.3, 0.4) is 0 Å². The van der Waals surface area contributed by atoms with Gasteiger partial charge in [-0.3, -0.25) is 0 Å². The normalized spacial score (nSPS) is 12.0. The van der Waals surface area contributed by atoms with Crippen molar-refractivity contribution in [3.8, 4) is 11.1 Å². The van der Waals surface area contributed by atoms with Crippen LogP contribution in [-0.4, -0.2) is 9.61 Å². The zero-order chi connectivity index (χ0) is 15.2. The summed E-state index contributed by atoms with van der Waals surface area (Å²) in [4.78, 5) is 0. The third-order valence-electron chi connectivity index (χ3n) is 3.12. The molecule has 108 valence electrons. The number of rotatable bonds is 1. The number of nitrogens with zero attached hydrogens (tertiary/aromatic N) is 2. The van der Waals surface area contributed by atoms with Crippen LogP contribution in [0.1, 0.15) is 5.56 Å². The van der Waals surface area contributed by atoms with Gasteiger partial charge in [0.25, 0.3) is 0 Å². The van der Waals surface area contributed by atoms with Gasteiger partial charge in [-0.15, -0.1) is 0 Å². The third kappa shape index (κ3) is 2.31. The molecule has 3 nitrogen and oxygen atoms in total. The van der Waals surface area contributed by atoms with E-state index in [2.05, 4.69) is 5.10 Å². The zero-order valence-corrected chi connectivity index (χ0v) is 10.5. The lowest BCUT2D eigenvalue weighted by Crippen LogP contribution is -2.05. The minimum atomic E-state index is -4.46. The van der Waals surface area contributed by atoms with Gasteiger partial charge in [-0.2, -0.15) is 18.3 Å². The van der Waals surface area contributed by atoms with E-state index in [1.807, 2.05) is 0 Å². The topological polar surface area (TPSA) is 43.3 Å². The lowest BCUT2D eigenvalue weighted by molar-refractivity contribution is -0.137. The molecule has 2 N–H and O–H groups in total. The molecule has 0 spiro atoms. The summed E-state index contributed by atoms with van der Waals surface area (Å²) >= 11 is 0. The lowest BCUT2D eigenvalue weighted by Gasteiger charge is -2.07. The molecule has 0 radical (unpaired) electrons. The molecular formula is C14H9F4N3. The van der Waals surface area contributed by atoms with Gasteiger partial charge in [0, 0.05) is 6.20 Å². The molecule has 2 heterocycles. The predicted octanol–water partition coefficient (Wildman–Crippen LogP) is 3.74. The van der Waals surface area contributed by atoms with E-state index in [4.69, 9.17) is 5.73 Å². The number of anilines is 1. The molecule has 0 bridgehead atoms. The smallest absolute Gasteiger partial charge is 0.382 e. The molecule has 0 atom stereocenters. The SMILES string of the molecule is Nc1nn2ccc(C(F)(F)F)cc2c1-c1ccc(F)cc1. The van der Waals surface area contributed by atoms with Gasteiger partial charge in [-0.05, 0) is 29.8 Å². The van der Waals surface area contributed by atoms with E-state index < -0.39 is 17.6 Å². The number of hydrogen-bond acceptors (Lipinski definition) is 2. The number of fused-ring (bicyclic) bond motifs is 1. The molecule has 0 aliphatic carbocycles. The van der Waals surface area contributed by atoms with Crippen LogP contribution in [-0.2, 0) is 6.18 Å². The van der Waals surface area contributed by atoms with Crippen molar-refractivity contribution in [3.05, 3.63) is 54.0 Å². The summed E-state index contributed by atoms with van der Waals surface area (Å²) < 4.78 is 52.6. The number of nitrogens with two attached hydrogens (primary N) is 1. The second-order valence-corrected chi connectivity index (χ2v) is 4.51. The maximum Gasteiger partial charge on any atom is 0.416 e. The van der Waals surface area contributed by atoms with Gasteiger partial charge in [0.15, 0.2) is 5.82 Å². The minimum absolute atomic E-state index is 0.0842. The molecule has 7 heteroatoms. The first kappa shape index (κ1) is 13.4. The highest BCUT2D eigenvalue weighted by Crippen LogP contribution is 2.35. The number of nitrogen functional groups attached to an aromatic ring is 1. The first-order valence-electron chi connectivity index (χ1n) is 5.97. The number of halogens is 4. The number of alkyl halides is 3.